The summed E-state index contributed by atoms with van der Waals surface area (Å²) in [4.78, 5) is 13.1. The molecule has 0 spiro atoms. The minimum Gasteiger partial charge on any atom is -0.395 e. The van der Waals surface area contributed by atoms with Crippen molar-refractivity contribution in [2.75, 3.05) is 43.5 Å². The molecule has 8 nitrogen and oxygen atoms in total. The van der Waals surface area contributed by atoms with Crippen LogP contribution in [0.3, 0.4) is 0 Å². The lowest BCUT2D eigenvalue weighted by molar-refractivity contribution is 0.161. The molecule has 0 atom stereocenters. The Morgan fingerprint density at radius 3 is 2.71 bits per heavy atom. The Hall–Kier alpha value is -3.04. The van der Waals surface area contributed by atoms with Crippen LogP contribution in [0.4, 0.5) is 21.7 Å². The van der Waals surface area contributed by atoms with Crippen molar-refractivity contribution in [2.45, 2.75) is 45.7 Å². The molecule has 1 aromatic heterocycles. The molecule has 1 aliphatic rings. The van der Waals surface area contributed by atoms with Crippen LogP contribution in [0.5, 0.6) is 0 Å². The van der Waals surface area contributed by atoms with Gasteiger partial charge in [0.15, 0.2) is 0 Å². The van der Waals surface area contributed by atoms with Gasteiger partial charge in [0.2, 0.25) is 5.95 Å². The number of nitrogens with zero attached hydrogens (tertiary/aromatic N) is 4. The minimum absolute atomic E-state index is 0.153. The average molecular weight is 470 g/mol. The SMILES string of the molecule is Cc1cnc(Nc2ccc(N3CCC(N(C)CCO)CC3)c(F)c2)nc1/C(C=N)=C/NC(C)C. The van der Waals surface area contributed by atoms with Gasteiger partial charge in [-0.15, -0.1) is 0 Å². The predicted molar refractivity (Wildman–Crippen MR) is 136 cm³/mol. The third kappa shape index (κ3) is 6.51. The molecule has 1 aromatic carbocycles. The van der Waals surface area contributed by atoms with Crippen molar-refractivity contribution >= 4 is 29.1 Å². The molecule has 34 heavy (non-hydrogen) atoms. The fourth-order valence-corrected chi connectivity index (χ4v) is 4.09. The number of aliphatic hydroxyl groups excluding tert-OH is 1. The quantitative estimate of drug-likeness (QED) is 0.395. The van der Waals surface area contributed by atoms with E-state index in [0.29, 0.717) is 41.2 Å². The second-order valence-electron chi connectivity index (χ2n) is 9.00. The first-order valence-corrected chi connectivity index (χ1v) is 11.8. The smallest absolute Gasteiger partial charge is 0.227 e. The molecule has 0 unspecified atom stereocenters. The number of hydrogen-bond donors (Lipinski definition) is 4. The molecule has 4 N–H and O–H groups in total. The van der Waals surface area contributed by atoms with E-state index >= 15 is 4.39 Å². The van der Waals surface area contributed by atoms with Gasteiger partial charge in [0.25, 0.3) is 0 Å². The van der Waals surface area contributed by atoms with Crippen LogP contribution in [0.1, 0.15) is 37.9 Å². The molecule has 1 aliphatic heterocycles. The summed E-state index contributed by atoms with van der Waals surface area (Å²) >= 11 is 0. The highest BCUT2D eigenvalue weighted by molar-refractivity contribution is 6.07. The highest BCUT2D eigenvalue weighted by Crippen LogP contribution is 2.28. The molecular weight excluding hydrogens is 433 g/mol. The zero-order chi connectivity index (χ0) is 24.7. The molecule has 2 aromatic rings. The predicted octanol–water partition coefficient (Wildman–Crippen LogP) is 3.55. The molecule has 1 fully saturated rings. The third-order valence-corrected chi connectivity index (χ3v) is 6.06. The summed E-state index contributed by atoms with van der Waals surface area (Å²) in [5, 5.41) is 23.2. The van der Waals surface area contributed by atoms with Gasteiger partial charge < -0.3 is 30.9 Å². The molecule has 0 bridgehead atoms. The van der Waals surface area contributed by atoms with E-state index in [4.69, 9.17) is 10.5 Å². The van der Waals surface area contributed by atoms with Crippen LogP contribution in [-0.4, -0.2) is 71.6 Å². The molecule has 0 amide bonds. The highest BCUT2D eigenvalue weighted by atomic mass is 19.1. The number of aryl methyl sites for hydroxylation is 1. The topological polar surface area (TPSA) is 100 Å². The van der Waals surface area contributed by atoms with Gasteiger partial charge in [0, 0.05) is 61.6 Å². The summed E-state index contributed by atoms with van der Waals surface area (Å²) < 4.78 is 15.0. The van der Waals surface area contributed by atoms with Gasteiger partial charge in [-0.05, 0) is 64.4 Å². The maximum Gasteiger partial charge on any atom is 0.227 e. The van der Waals surface area contributed by atoms with Gasteiger partial charge in [0.1, 0.15) is 5.82 Å². The Morgan fingerprint density at radius 2 is 2.09 bits per heavy atom. The number of allylic oxidation sites excluding steroid dienone is 1. The number of rotatable bonds is 10. The Morgan fingerprint density at radius 1 is 1.35 bits per heavy atom. The standard InChI is InChI=1S/C25H36FN7O/c1-17(2)28-16-19(14-27)24-18(3)15-29-25(31-24)30-20-5-6-23(22(26)13-20)33-9-7-21(8-10-33)32(4)11-12-34/h5-6,13-17,21,27-28,34H,7-12H2,1-4H3,(H,29,30,31)/b19-16+,27-14?. The third-order valence-electron chi connectivity index (χ3n) is 6.06. The number of aromatic nitrogens is 2. The largest absolute Gasteiger partial charge is 0.395 e. The average Bonchev–Trinajstić information content (AvgIpc) is 2.81. The van der Waals surface area contributed by atoms with E-state index in [2.05, 4.69) is 30.4 Å². The van der Waals surface area contributed by atoms with E-state index in [0.717, 1.165) is 31.5 Å². The number of anilines is 3. The van der Waals surface area contributed by atoms with Crippen molar-refractivity contribution in [3.63, 3.8) is 0 Å². The first-order valence-electron chi connectivity index (χ1n) is 11.8. The van der Waals surface area contributed by atoms with Crippen LogP contribution in [0, 0.1) is 18.2 Å². The van der Waals surface area contributed by atoms with Crippen LogP contribution in [0.15, 0.2) is 30.6 Å². The van der Waals surface area contributed by atoms with Crippen LogP contribution < -0.4 is 15.5 Å². The Bertz CT molecular complexity index is 1000. The zero-order valence-corrected chi connectivity index (χ0v) is 20.5. The first-order chi connectivity index (χ1) is 16.3. The summed E-state index contributed by atoms with van der Waals surface area (Å²) in [5.74, 6) is 0.0542. The van der Waals surface area contributed by atoms with Crippen LogP contribution in [-0.2, 0) is 0 Å². The molecule has 2 heterocycles. The normalized spacial score (nSPS) is 15.2. The number of likely N-dealkylation sites (N-methyl/N-ethyl adjacent to an activating group) is 1. The van der Waals surface area contributed by atoms with Gasteiger partial charge >= 0.3 is 0 Å². The minimum atomic E-state index is -0.291. The summed E-state index contributed by atoms with van der Waals surface area (Å²) in [7, 11) is 2.03. The van der Waals surface area contributed by atoms with Crippen LogP contribution >= 0.6 is 0 Å². The maximum absolute atomic E-state index is 15.0. The van der Waals surface area contributed by atoms with E-state index in [-0.39, 0.29) is 18.5 Å². The van der Waals surface area contributed by atoms with Crippen molar-refractivity contribution in [3.8, 4) is 0 Å². The van der Waals surface area contributed by atoms with Crippen molar-refractivity contribution in [1.82, 2.24) is 20.2 Å². The van der Waals surface area contributed by atoms with Gasteiger partial charge in [0.05, 0.1) is 18.0 Å². The number of piperidine rings is 1. The van der Waals surface area contributed by atoms with E-state index < -0.39 is 0 Å². The Balaban J connectivity index is 1.70. The first kappa shape index (κ1) is 25.6. The molecular formula is C25H36FN7O. The van der Waals surface area contributed by atoms with Crippen molar-refractivity contribution in [1.29, 1.82) is 5.41 Å². The number of nitrogens with one attached hydrogen (secondary N) is 3. The van der Waals surface area contributed by atoms with Crippen LogP contribution in [0.2, 0.25) is 0 Å². The molecule has 184 valence electrons. The molecule has 0 aliphatic carbocycles. The lowest BCUT2D eigenvalue weighted by atomic mass is 10.0. The Labute approximate surface area is 201 Å². The second kappa shape index (κ2) is 11.9. The Kier molecular flexibility index (Phi) is 8.95. The number of hydrogen-bond acceptors (Lipinski definition) is 8. The van der Waals surface area contributed by atoms with Crippen molar-refractivity contribution in [3.05, 3.63) is 47.7 Å². The monoisotopic (exact) mass is 469 g/mol. The molecule has 0 saturated carbocycles. The highest BCUT2D eigenvalue weighted by Gasteiger charge is 2.24. The van der Waals surface area contributed by atoms with E-state index in [1.165, 1.54) is 12.3 Å². The summed E-state index contributed by atoms with van der Waals surface area (Å²) in [6.45, 7) is 8.30. The zero-order valence-electron chi connectivity index (χ0n) is 20.5. The van der Waals surface area contributed by atoms with Crippen molar-refractivity contribution < 1.29 is 9.50 Å². The molecule has 1 saturated heterocycles. The lowest BCUT2D eigenvalue weighted by Gasteiger charge is -2.37. The van der Waals surface area contributed by atoms with Gasteiger partial charge in [-0.2, -0.15) is 0 Å². The lowest BCUT2D eigenvalue weighted by Crippen LogP contribution is -2.44. The fourth-order valence-electron chi connectivity index (χ4n) is 4.09. The number of benzene rings is 1. The van der Waals surface area contributed by atoms with Gasteiger partial charge in [-0.25, -0.2) is 14.4 Å². The van der Waals surface area contributed by atoms with Gasteiger partial charge in [-0.3, -0.25) is 0 Å². The van der Waals surface area contributed by atoms with Crippen LogP contribution in [0.25, 0.3) is 5.57 Å². The maximum atomic E-state index is 15.0. The number of halogens is 1. The van der Waals surface area contributed by atoms with E-state index in [1.54, 1.807) is 18.5 Å². The molecule has 3 rings (SSSR count). The molecule has 0 radical (unpaired) electrons. The summed E-state index contributed by atoms with van der Waals surface area (Å²) in [6, 6.07) is 5.74. The van der Waals surface area contributed by atoms with E-state index in [9.17, 15) is 0 Å². The van der Waals surface area contributed by atoms with E-state index in [1.807, 2.05) is 33.9 Å². The molecule has 9 heteroatoms. The number of aliphatic hydroxyl groups is 1. The summed E-state index contributed by atoms with van der Waals surface area (Å²) in [6.07, 6.45) is 6.60. The van der Waals surface area contributed by atoms with Crippen molar-refractivity contribution in [2.24, 2.45) is 0 Å². The van der Waals surface area contributed by atoms with Gasteiger partial charge in [-0.1, -0.05) is 0 Å². The summed E-state index contributed by atoms with van der Waals surface area (Å²) in [5.41, 5.74) is 3.29. The second-order valence-corrected chi connectivity index (χ2v) is 9.00. The fraction of sp³-hybridized carbons (Fsp3) is 0.480.